The van der Waals surface area contributed by atoms with Gasteiger partial charge in [-0.15, -0.1) is 0 Å². The minimum Gasteiger partial charge on any atom is -0.465 e. The molecule has 222 valence electrons. The molecule has 0 aliphatic carbocycles. The van der Waals surface area contributed by atoms with E-state index in [2.05, 4.69) is 18.7 Å². The molecule has 4 aliphatic heterocycles. The van der Waals surface area contributed by atoms with E-state index in [-0.39, 0.29) is 18.4 Å². The van der Waals surface area contributed by atoms with Crippen molar-refractivity contribution in [2.45, 2.75) is 70.1 Å². The number of fused-ring (bicyclic) bond motifs is 2. The van der Waals surface area contributed by atoms with Crippen LogP contribution in [0.3, 0.4) is 0 Å². The summed E-state index contributed by atoms with van der Waals surface area (Å²) in [7, 11) is 0. The van der Waals surface area contributed by atoms with E-state index >= 15 is 0 Å². The number of aliphatic hydroxyl groups excluding tert-OH is 1. The molecule has 1 N–H and O–H groups in total. The number of unbranched alkanes of at least 4 members (excludes halogenated alkanes) is 2. The van der Waals surface area contributed by atoms with Gasteiger partial charge >= 0.3 is 5.97 Å². The Kier molecular flexibility index (Phi) is 9.14. The fourth-order valence-electron chi connectivity index (χ4n) is 6.89. The highest BCUT2D eigenvalue weighted by Crippen LogP contribution is 2.53. The predicted octanol–water partition coefficient (Wildman–Crippen LogP) is 3.46. The number of carbonyl (C=O) groups is 3. The quantitative estimate of drug-likeness (QED) is 0.278. The van der Waals surface area contributed by atoms with Crippen LogP contribution in [0.4, 0.5) is 11.4 Å². The number of hydrogen-bond acceptors (Lipinski definition) is 7. The number of anilines is 2. The smallest absolute Gasteiger partial charge is 0.312 e. The number of nitrogens with zero attached hydrogens (tertiary/aromatic N) is 3. The molecule has 1 unspecified atom stereocenters. The number of ether oxygens (including phenoxy) is 2. The molecule has 9 nitrogen and oxygen atoms in total. The lowest BCUT2D eigenvalue weighted by molar-refractivity contribution is -0.154. The Bertz CT molecular complexity index is 1160. The van der Waals surface area contributed by atoms with Gasteiger partial charge in [-0.25, -0.2) is 0 Å². The third kappa shape index (κ3) is 5.42. The standard InChI is InChI=1S/C32H43N3O6/c1-3-33(4-2)23-14-16-24(17-15-23)34-20-12-18-32-27(26-25(41-32)13-8-5-6-11-22-40-31(26)39)29(37)35(28(32)30(34)38)19-9-7-10-21-36/h8,12-18,25-28,36H,3-7,9-11,19-22H2,1-2H3/b13-8-/t25-,26+,27+,28?,32+/m1/s1. The van der Waals surface area contributed by atoms with Gasteiger partial charge in [-0.3, -0.25) is 14.4 Å². The maximum absolute atomic E-state index is 14.5. The summed E-state index contributed by atoms with van der Waals surface area (Å²) < 4.78 is 12.3. The van der Waals surface area contributed by atoms with Crippen LogP contribution in [0, 0.1) is 11.8 Å². The van der Waals surface area contributed by atoms with Crippen LogP contribution in [-0.2, 0) is 23.9 Å². The maximum atomic E-state index is 14.5. The van der Waals surface area contributed by atoms with E-state index in [0.29, 0.717) is 32.5 Å². The molecule has 4 aliphatic rings. The first-order valence-electron chi connectivity index (χ1n) is 15.2. The van der Waals surface area contributed by atoms with E-state index in [4.69, 9.17) is 9.47 Å². The Morgan fingerprint density at radius 2 is 1.78 bits per heavy atom. The van der Waals surface area contributed by atoms with Crippen LogP contribution < -0.4 is 9.80 Å². The molecule has 2 fully saturated rings. The first kappa shape index (κ1) is 29.3. The third-order valence-electron chi connectivity index (χ3n) is 8.95. The highest BCUT2D eigenvalue weighted by molar-refractivity contribution is 6.05. The third-order valence-corrected chi connectivity index (χ3v) is 8.95. The molecular formula is C32H43N3O6. The van der Waals surface area contributed by atoms with Gasteiger partial charge in [0, 0.05) is 44.2 Å². The van der Waals surface area contributed by atoms with E-state index in [0.717, 1.165) is 50.1 Å². The Hall–Kier alpha value is -3.17. The Balaban J connectivity index is 1.52. The highest BCUT2D eigenvalue weighted by Gasteiger charge is 2.71. The van der Waals surface area contributed by atoms with Crippen molar-refractivity contribution in [2.75, 3.05) is 49.2 Å². The van der Waals surface area contributed by atoms with Gasteiger partial charge in [0.2, 0.25) is 5.91 Å². The Morgan fingerprint density at radius 1 is 1.00 bits per heavy atom. The number of aliphatic hydroxyl groups is 1. The van der Waals surface area contributed by atoms with Gasteiger partial charge in [-0.1, -0.05) is 24.3 Å². The number of rotatable bonds is 9. The molecule has 2 amide bonds. The van der Waals surface area contributed by atoms with Gasteiger partial charge in [0.25, 0.3) is 5.91 Å². The summed E-state index contributed by atoms with van der Waals surface area (Å²) in [5.41, 5.74) is 0.565. The van der Waals surface area contributed by atoms with E-state index in [1.807, 2.05) is 48.6 Å². The molecule has 0 aromatic heterocycles. The molecule has 1 spiro atoms. The van der Waals surface area contributed by atoms with Crippen molar-refractivity contribution in [3.05, 3.63) is 48.6 Å². The van der Waals surface area contributed by atoms with Gasteiger partial charge in [-0.05, 0) is 76.6 Å². The van der Waals surface area contributed by atoms with E-state index in [9.17, 15) is 19.5 Å². The number of likely N-dealkylation sites (tertiary alicyclic amines) is 1. The number of amides is 2. The van der Waals surface area contributed by atoms with Crippen molar-refractivity contribution in [2.24, 2.45) is 11.8 Å². The zero-order valence-electron chi connectivity index (χ0n) is 24.2. The lowest BCUT2D eigenvalue weighted by Gasteiger charge is -2.35. The average Bonchev–Trinajstić information content (AvgIpc) is 3.36. The summed E-state index contributed by atoms with van der Waals surface area (Å²) in [6.07, 6.45) is 11.5. The highest BCUT2D eigenvalue weighted by atomic mass is 16.6. The molecule has 1 aromatic carbocycles. The second-order valence-electron chi connectivity index (χ2n) is 11.3. The van der Waals surface area contributed by atoms with Crippen LogP contribution >= 0.6 is 0 Å². The predicted molar refractivity (Wildman–Crippen MR) is 156 cm³/mol. The van der Waals surface area contributed by atoms with E-state index in [1.54, 1.807) is 9.80 Å². The van der Waals surface area contributed by atoms with Gasteiger partial charge in [0.15, 0.2) is 0 Å². The van der Waals surface area contributed by atoms with Crippen molar-refractivity contribution in [3.63, 3.8) is 0 Å². The molecule has 1 aromatic rings. The minimum absolute atomic E-state index is 0.0773. The Labute approximate surface area is 242 Å². The lowest BCUT2D eigenvalue weighted by atomic mass is 9.78. The average molecular weight is 566 g/mol. The maximum Gasteiger partial charge on any atom is 0.312 e. The summed E-state index contributed by atoms with van der Waals surface area (Å²) in [6, 6.07) is 7.04. The van der Waals surface area contributed by atoms with Crippen LogP contribution in [0.15, 0.2) is 48.6 Å². The molecule has 41 heavy (non-hydrogen) atoms. The first-order chi connectivity index (χ1) is 20.0. The summed E-state index contributed by atoms with van der Waals surface area (Å²) >= 11 is 0. The van der Waals surface area contributed by atoms with Gasteiger partial charge in [-0.2, -0.15) is 0 Å². The van der Waals surface area contributed by atoms with Crippen molar-refractivity contribution in [3.8, 4) is 0 Å². The summed E-state index contributed by atoms with van der Waals surface area (Å²) in [5, 5.41) is 9.27. The van der Waals surface area contributed by atoms with Crippen LogP contribution in [0.5, 0.6) is 0 Å². The molecule has 0 bridgehead atoms. The molecule has 5 atom stereocenters. The van der Waals surface area contributed by atoms with Crippen molar-refractivity contribution in [1.29, 1.82) is 0 Å². The number of allylic oxidation sites excluding steroid dienone is 1. The lowest BCUT2D eigenvalue weighted by Crippen LogP contribution is -2.55. The Morgan fingerprint density at radius 3 is 2.51 bits per heavy atom. The minimum atomic E-state index is -1.27. The fourth-order valence-corrected chi connectivity index (χ4v) is 6.89. The topological polar surface area (TPSA) is 99.6 Å². The number of carbonyl (C=O) groups excluding carboxylic acids is 3. The molecule has 0 saturated carbocycles. The van der Waals surface area contributed by atoms with Gasteiger partial charge in [0.1, 0.15) is 17.6 Å². The summed E-state index contributed by atoms with van der Waals surface area (Å²) in [5.74, 6) is -2.57. The van der Waals surface area contributed by atoms with Crippen molar-refractivity contribution < 1.29 is 29.0 Å². The van der Waals surface area contributed by atoms with E-state index in [1.165, 1.54) is 0 Å². The van der Waals surface area contributed by atoms with Crippen LogP contribution in [0.1, 0.15) is 52.4 Å². The number of esters is 1. The molecule has 4 heterocycles. The van der Waals surface area contributed by atoms with Crippen LogP contribution in [0.2, 0.25) is 0 Å². The number of cyclic esters (lactones) is 1. The summed E-state index contributed by atoms with van der Waals surface area (Å²) in [6.45, 7) is 7.06. The number of benzene rings is 1. The number of hydrogen-bond donors (Lipinski definition) is 1. The van der Waals surface area contributed by atoms with Gasteiger partial charge < -0.3 is 29.3 Å². The summed E-state index contributed by atoms with van der Waals surface area (Å²) in [4.78, 5) is 47.7. The SMILES string of the molecule is CCN(CC)c1ccc(N2CC=C[C@]34O[C@@H]5/C=C\CCCCOC(=O)[C@@H]5[C@H]3C(=O)N(CCCCCO)C4C2=O)cc1. The monoisotopic (exact) mass is 565 g/mol. The second kappa shape index (κ2) is 12.8. The molecular weight excluding hydrogens is 522 g/mol. The second-order valence-corrected chi connectivity index (χ2v) is 11.3. The van der Waals surface area contributed by atoms with Crippen molar-refractivity contribution >= 4 is 29.2 Å². The largest absolute Gasteiger partial charge is 0.465 e. The zero-order chi connectivity index (χ0) is 29.0. The molecule has 5 rings (SSSR count). The first-order valence-corrected chi connectivity index (χ1v) is 15.2. The van der Waals surface area contributed by atoms with Gasteiger partial charge in [0.05, 0.1) is 18.6 Å². The van der Waals surface area contributed by atoms with E-state index < -0.39 is 35.6 Å². The van der Waals surface area contributed by atoms with Crippen molar-refractivity contribution in [1.82, 2.24) is 4.90 Å². The van der Waals surface area contributed by atoms with Crippen LogP contribution in [0.25, 0.3) is 0 Å². The molecule has 9 heteroatoms. The van der Waals surface area contributed by atoms with Crippen LogP contribution in [-0.4, -0.2) is 84.9 Å². The zero-order valence-corrected chi connectivity index (χ0v) is 24.2. The fraction of sp³-hybridized carbons (Fsp3) is 0.594. The molecule has 0 radical (unpaired) electrons. The molecule has 2 saturated heterocycles. The normalized spacial score (nSPS) is 30.4.